The van der Waals surface area contributed by atoms with Crippen LogP contribution in [-0.4, -0.2) is 36.8 Å². The van der Waals surface area contributed by atoms with E-state index in [1.807, 2.05) is 0 Å². The molecule has 0 saturated heterocycles. The van der Waals surface area contributed by atoms with Crippen LogP contribution in [0.5, 0.6) is 11.5 Å². The summed E-state index contributed by atoms with van der Waals surface area (Å²) in [7, 11) is 2.91. The first-order chi connectivity index (χ1) is 8.96. The summed E-state index contributed by atoms with van der Waals surface area (Å²) in [5, 5.41) is 19.4. The van der Waals surface area contributed by atoms with E-state index in [0.717, 1.165) is 0 Å². The third-order valence-corrected chi connectivity index (χ3v) is 2.64. The van der Waals surface area contributed by atoms with Crippen molar-refractivity contribution >= 4 is 5.97 Å². The number of carbonyl (C=O) groups is 1. The van der Waals surface area contributed by atoms with Gasteiger partial charge in [-0.05, 0) is 17.7 Å². The van der Waals surface area contributed by atoms with E-state index in [4.69, 9.17) is 14.6 Å². The van der Waals surface area contributed by atoms with E-state index in [1.165, 1.54) is 14.2 Å². The lowest BCUT2D eigenvalue weighted by atomic mass is 9.95. The first-order valence-electron chi connectivity index (χ1n) is 5.52. The van der Waals surface area contributed by atoms with Gasteiger partial charge in [-0.1, -0.05) is 0 Å². The van der Waals surface area contributed by atoms with Gasteiger partial charge in [0.2, 0.25) is 6.54 Å². The summed E-state index contributed by atoms with van der Waals surface area (Å²) in [5.74, 6) is -0.883. The van der Waals surface area contributed by atoms with E-state index in [-0.39, 0.29) is 6.42 Å². The molecule has 0 aliphatic heterocycles. The number of methoxy groups -OCH3 is 2. The molecule has 1 atom stereocenters. The van der Waals surface area contributed by atoms with Crippen LogP contribution < -0.4 is 9.47 Å². The summed E-state index contributed by atoms with van der Waals surface area (Å²) in [5.41, 5.74) is 0.510. The molecule has 0 spiro atoms. The van der Waals surface area contributed by atoms with Crippen LogP contribution in [0.2, 0.25) is 0 Å². The van der Waals surface area contributed by atoms with Gasteiger partial charge in [0.1, 0.15) is 11.5 Å². The molecule has 1 rings (SSSR count). The van der Waals surface area contributed by atoms with E-state index >= 15 is 0 Å². The Morgan fingerprint density at radius 2 is 1.84 bits per heavy atom. The molecule has 0 aromatic heterocycles. The van der Waals surface area contributed by atoms with Gasteiger partial charge in [0.15, 0.2) is 0 Å². The molecule has 1 aromatic rings. The molecule has 0 radical (unpaired) electrons. The van der Waals surface area contributed by atoms with E-state index in [9.17, 15) is 14.9 Å². The third-order valence-electron chi connectivity index (χ3n) is 2.64. The van der Waals surface area contributed by atoms with Crippen molar-refractivity contribution in [2.75, 3.05) is 20.8 Å². The van der Waals surface area contributed by atoms with Gasteiger partial charge in [-0.15, -0.1) is 0 Å². The summed E-state index contributed by atoms with van der Waals surface area (Å²) in [6, 6.07) is 4.78. The van der Waals surface area contributed by atoms with Crippen LogP contribution in [0, 0.1) is 10.1 Å². The smallest absolute Gasteiger partial charge is 0.304 e. The predicted octanol–water partition coefficient (Wildman–Crippen LogP) is 1.54. The van der Waals surface area contributed by atoms with Crippen molar-refractivity contribution in [3.05, 3.63) is 33.9 Å². The molecule has 0 aliphatic rings. The minimum absolute atomic E-state index is 0.322. The second kappa shape index (κ2) is 6.58. The second-order valence-corrected chi connectivity index (χ2v) is 3.96. The molecule has 7 heteroatoms. The molecule has 0 bridgehead atoms. The number of nitro groups is 1. The lowest BCUT2D eigenvalue weighted by Crippen LogP contribution is -2.16. The topological polar surface area (TPSA) is 98.9 Å². The average Bonchev–Trinajstić information content (AvgIpc) is 2.36. The minimum atomic E-state index is -1.09. The number of hydrogen-bond acceptors (Lipinski definition) is 5. The van der Waals surface area contributed by atoms with Crippen LogP contribution in [0.25, 0.3) is 0 Å². The highest BCUT2D eigenvalue weighted by Crippen LogP contribution is 2.29. The highest BCUT2D eigenvalue weighted by Gasteiger charge is 2.22. The van der Waals surface area contributed by atoms with Crippen molar-refractivity contribution < 1.29 is 24.3 Å². The van der Waals surface area contributed by atoms with Crippen LogP contribution in [0.1, 0.15) is 17.9 Å². The Kier molecular flexibility index (Phi) is 5.11. The second-order valence-electron chi connectivity index (χ2n) is 3.96. The minimum Gasteiger partial charge on any atom is -0.497 e. The van der Waals surface area contributed by atoms with Gasteiger partial charge in [-0.2, -0.15) is 0 Å². The van der Waals surface area contributed by atoms with Gasteiger partial charge in [-0.3, -0.25) is 14.9 Å². The van der Waals surface area contributed by atoms with E-state index in [2.05, 4.69) is 0 Å². The van der Waals surface area contributed by atoms with E-state index in [1.54, 1.807) is 18.2 Å². The lowest BCUT2D eigenvalue weighted by Gasteiger charge is -2.14. The number of carboxylic acids is 1. The molecule has 1 aromatic carbocycles. The number of benzene rings is 1. The molecule has 0 saturated carbocycles. The maximum atomic E-state index is 10.8. The molecule has 104 valence electrons. The maximum Gasteiger partial charge on any atom is 0.304 e. The molecular formula is C12H15NO6. The normalized spacial score (nSPS) is 11.7. The first kappa shape index (κ1) is 14.7. The summed E-state index contributed by atoms with van der Waals surface area (Å²) in [6.45, 7) is -0.456. The largest absolute Gasteiger partial charge is 0.497 e. The standard InChI is InChI=1S/C12H15NO6/c1-18-10-3-8(4-11(6-10)19-2)9(5-12(14)15)7-13(16)17/h3-4,6,9H,5,7H2,1-2H3,(H,14,15)/t9-/m1/s1. The van der Waals surface area contributed by atoms with Crippen LogP contribution in [0.3, 0.4) is 0 Å². The Bertz CT molecular complexity index is 435. The molecule has 19 heavy (non-hydrogen) atoms. The number of aliphatic carboxylic acids is 1. The number of nitrogens with zero attached hydrogens (tertiary/aromatic N) is 1. The van der Waals surface area contributed by atoms with Gasteiger partial charge in [0, 0.05) is 11.0 Å². The first-order valence-corrected chi connectivity index (χ1v) is 5.52. The quantitative estimate of drug-likeness (QED) is 0.595. The molecule has 0 unspecified atom stereocenters. The molecular weight excluding hydrogens is 254 g/mol. The van der Waals surface area contributed by atoms with Gasteiger partial charge < -0.3 is 14.6 Å². The fourth-order valence-electron chi connectivity index (χ4n) is 1.74. The average molecular weight is 269 g/mol. The van der Waals surface area contributed by atoms with Crippen LogP contribution in [0.15, 0.2) is 18.2 Å². The van der Waals surface area contributed by atoms with Crippen molar-refractivity contribution in [3.63, 3.8) is 0 Å². The fraction of sp³-hybridized carbons (Fsp3) is 0.417. The zero-order chi connectivity index (χ0) is 14.4. The Morgan fingerprint density at radius 1 is 1.32 bits per heavy atom. The Hall–Kier alpha value is -2.31. The zero-order valence-electron chi connectivity index (χ0n) is 10.7. The SMILES string of the molecule is COc1cc(OC)cc([C@H](CC(=O)O)C[N+](=O)[O-])c1. The van der Waals surface area contributed by atoms with Gasteiger partial charge >= 0.3 is 5.97 Å². The Labute approximate surface area is 109 Å². The van der Waals surface area contributed by atoms with Crippen molar-refractivity contribution in [3.8, 4) is 11.5 Å². The summed E-state index contributed by atoms with van der Waals surface area (Å²) < 4.78 is 10.1. The molecule has 0 amide bonds. The lowest BCUT2D eigenvalue weighted by molar-refractivity contribution is -0.483. The Morgan fingerprint density at radius 3 is 2.21 bits per heavy atom. The van der Waals surface area contributed by atoms with Crippen molar-refractivity contribution in [1.82, 2.24) is 0 Å². The van der Waals surface area contributed by atoms with Gasteiger partial charge in [-0.25, -0.2) is 0 Å². The van der Waals surface area contributed by atoms with E-state index in [0.29, 0.717) is 17.1 Å². The number of carboxylic acid groups (broad SMARTS) is 1. The van der Waals surface area contributed by atoms with Crippen molar-refractivity contribution in [1.29, 1.82) is 0 Å². The van der Waals surface area contributed by atoms with Crippen molar-refractivity contribution in [2.45, 2.75) is 12.3 Å². The van der Waals surface area contributed by atoms with Gasteiger partial charge in [0.25, 0.3) is 0 Å². The summed E-state index contributed by atoms with van der Waals surface area (Å²) >= 11 is 0. The molecule has 1 N–H and O–H groups in total. The van der Waals surface area contributed by atoms with E-state index < -0.39 is 23.4 Å². The third kappa shape index (κ3) is 4.46. The fourth-order valence-corrected chi connectivity index (χ4v) is 1.74. The summed E-state index contributed by atoms with van der Waals surface area (Å²) in [4.78, 5) is 20.9. The number of rotatable bonds is 7. The summed E-state index contributed by atoms with van der Waals surface area (Å²) in [6.07, 6.45) is -0.322. The number of hydrogen-bond donors (Lipinski definition) is 1. The van der Waals surface area contributed by atoms with Crippen LogP contribution >= 0.6 is 0 Å². The monoisotopic (exact) mass is 269 g/mol. The molecule has 0 fully saturated rings. The predicted molar refractivity (Wildman–Crippen MR) is 66.4 cm³/mol. The van der Waals surface area contributed by atoms with Crippen LogP contribution in [0.4, 0.5) is 0 Å². The molecule has 7 nitrogen and oxygen atoms in total. The number of ether oxygens (including phenoxy) is 2. The highest BCUT2D eigenvalue weighted by molar-refractivity contribution is 5.68. The molecule has 0 aliphatic carbocycles. The molecule has 0 heterocycles. The highest BCUT2D eigenvalue weighted by atomic mass is 16.6. The maximum absolute atomic E-state index is 10.8. The van der Waals surface area contributed by atoms with Crippen LogP contribution in [-0.2, 0) is 4.79 Å². The van der Waals surface area contributed by atoms with Gasteiger partial charge in [0.05, 0.1) is 26.6 Å². The van der Waals surface area contributed by atoms with Crippen molar-refractivity contribution in [2.24, 2.45) is 0 Å². The zero-order valence-corrected chi connectivity index (χ0v) is 10.7. The Balaban J connectivity index is 3.12.